The minimum atomic E-state index is -0.0889. The molecule has 0 aliphatic heterocycles. The third-order valence-electron chi connectivity index (χ3n) is 0.610. The molecule has 0 fully saturated rings. The molecule has 0 aromatic rings. The van der Waals surface area contributed by atoms with Gasteiger partial charge in [-0.1, -0.05) is 0 Å². The average Bonchev–Trinajstić information content (AvgIpc) is 1.89. The van der Waals surface area contributed by atoms with Crippen LogP contribution in [0.3, 0.4) is 0 Å². The summed E-state index contributed by atoms with van der Waals surface area (Å²) < 4.78 is 0. The Balaban J connectivity index is 3.27. The topological polar surface area (TPSA) is 58.5 Å². The molecule has 9 heavy (non-hydrogen) atoms. The molecule has 0 heterocycles. The van der Waals surface area contributed by atoms with Crippen molar-refractivity contribution in [3.63, 3.8) is 0 Å². The van der Waals surface area contributed by atoms with Gasteiger partial charge >= 0.3 is 0 Å². The number of rotatable bonds is 3. The molecule has 0 saturated carbocycles. The quantitative estimate of drug-likeness (QED) is 0.353. The number of nitrogens with zero attached hydrogens (tertiary/aromatic N) is 1. The van der Waals surface area contributed by atoms with Crippen molar-refractivity contribution in [2.75, 3.05) is 13.3 Å². The summed E-state index contributed by atoms with van der Waals surface area (Å²) in [6, 6.07) is 0. The van der Waals surface area contributed by atoms with Crippen LogP contribution in [-0.2, 0) is 4.79 Å². The first-order chi connectivity index (χ1) is 4.31. The molecule has 5 heteroatoms. The number of carbonyl (C=O) groups is 1. The maximum absolute atomic E-state index is 10.4. The molecule has 0 aliphatic rings. The molecule has 50 valence electrons. The van der Waals surface area contributed by atoms with E-state index in [9.17, 15) is 9.59 Å². The minimum absolute atomic E-state index is 0.0448. The van der Waals surface area contributed by atoms with Gasteiger partial charge in [0.15, 0.2) is 0 Å². The van der Waals surface area contributed by atoms with Crippen LogP contribution < -0.4 is 5.32 Å². The Morgan fingerprint density at radius 1 is 1.89 bits per heavy atom. The van der Waals surface area contributed by atoms with E-state index in [-0.39, 0.29) is 20.9 Å². The molecule has 0 bridgehead atoms. The van der Waals surface area contributed by atoms with Gasteiger partial charge in [0.2, 0.25) is 11.7 Å². The zero-order valence-electron chi connectivity index (χ0n) is 4.97. The molecule has 0 aliphatic carbocycles. The second-order valence-corrected chi connectivity index (χ2v) is 2.12. The lowest BCUT2D eigenvalue weighted by Gasteiger charge is -1.93. The van der Waals surface area contributed by atoms with Crippen molar-refractivity contribution < 1.29 is 9.59 Å². The Morgan fingerprint density at radius 2 is 2.56 bits per heavy atom. The van der Waals surface area contributed by atoms with E-state index in [1.165, 1.54) is 6.08 Å². The Morgan fingerprint density at radius 3 is 3.00 bits per heavy atom. The van der Waals surface area contributed by atoms with Gasteiger partial charge in [-0.15, -0.1) is 0 Å². The second-order valence-electron chi connectivity index (χ2n) is 1.16. The van der Waals surface area contributed by atoms with E-state index in [4.69, 9.17) is 0 Å². The highest BCUT2D eigenvalue weighted by Gasteiger charge is 1.90. The summed E-state index contributed by atoms with van der Waals surface area (Å²) in [4.78, 5) is 23.0. The van der Waals surface area contributed by atoms with Gasteiger partial charge in [-0.25, -0.2) is 4.79 Å². The van der Waals surface area contributed by atoms with Gasteiger partial charge in [0.05, 0.1) is 0 Å². The average molecular weight is 146 g/mol. The first-order valence-corrected chi connectivity index (χ1v) is 3.80. The summed E-state index contributed by atoms with van der Waals surface area (Å²) >= 11 is 0. The van der Waals surface area contributed by atoms with Crippen molar-refractivity contribution in [3.8, 4) is 0 Å². The standard InChI is InChI=1S/C4H7N2O2P/c1-9-4(8)6-2-5-3-7/h9H,2H2,1H3,(H,6,8). The van der Waals surface area contributed by atoms with Crippen LogP contribution in [0.2, 0.25) is 0 Å². The molecule has 1 N–H and O–H groups in total. The number of isocyanates is 1. The molecule has 0 aromatic carbocycles. The first kappa shape index (κ1) is 8.28. The molecule has 0 spiro atoms. The number of hydrogen-bond acceptors (Lipinski definition) is 3. The van der Waals surface area contributed by atoms with Gasteiger partial charge in [0.1, 0.15) is 6.67 Å². The van der Waals surface area contributed by atoms with Crippen LogP contribution in [0.5, 0.6) is 0 Å². The van der Waals surface area contributed by atoms with Crippen molar-refractivity contribution in [2.24, 2.45) is 4.99 Å². The zero-order valence-corrected chi connectivity index (χ0v) is 5.97. The fraction of sp³-hybridized carbons (Fsp3) is 0.500. The van der Waals surface area contributed by atoms with E-state index in [2.05, 4.69) is 10.3 Å². The molecule has 1 unspecified atom stereocenters. The Hall–Kier alpha value is -0.720. The third-order valence-corrected chi connectivity index (χ3v) is 1.24. The van der Waals surface area contributed by atoms with Crippen molar-refractivity contribution in [1.29, 1.82) is 0 Å². The van der Waals surface area contributed by atoms with Gasteiger partial charge in [0.25, 0.3) is 0 Å². The SMILES string of the molecule is CPC(=O)NCN=C=O. The molecular formula is C4H7N2O2P. The third kappa shape index (κ3) is 5.15. The van der Waals surface area contributed by atoms with E-state index in [0.29, 0.717) is 0 Å². The van der Waals surface area contributed by atoms with Crippen LogP contribution in [0, 0.1) is 0 Å². The summed E-state index contributed by atoms with van der Waals surface area (Å²) in [7, 11) is 0.203. The van der Waals surface area contributed by atoms with Crippen LogP contribution in [0.1, 0.15) is 0 Å². The molecule has 0 radical (unpaired) electrons. The first-order valence-electron chi connectivity index (χ1n) is 2.30. The van der Waals surface area contributed by atoms with Crippen LogP contribution >= 0.6 is 8.58 Å². The fourth-order valence-corrected chi connectivity index (χ4v) is 0.488. The molecule has 0 saturated heterocycles. The number of hydrogen-bond donors (Lipinski definition) is 1. The van der Waals surface area contributed by atoms with Crippen LogP contribution in [-0.4, -0.2) is 25.1 Å². The highest BCUT2D eigenvalue weighted by Crippen LogP contribution is 2.00. The van der Waals surface area contributed by atoms with Crippen molar-refractivity contribution in [2.45, 2.75) is 0 Å². The predicted molar refractivity (Wildman–Crippen MR) is 35.8 cm³/mol. The highest BCUT2D eigenvalue weighted by molar-refractivity contribution is 7.56. The number of carbonyl (C=O) groups excluding carboxylic acids is 2. The second kappa shape index (κ2) is 5.42. The molecule has 0 rings (SSSR count). The maximum Gasteiger partial charge on any atom is 0.239 e. The Labute approximate surface area is 54.5 Å². The Bertz CT molecular complexity index is 142. The predicted octanol–water partition coefficient (Wildman–Crippen LogP) is 0.298. The van der Waals surface area contributed by atoms with Crippen molar-refractivity contribution in [3.05, 3.63) is 0 Å². The smallest absolute Gasteiger partial charge is 0.239 e. The minimum Gasteiger partial charge on any atom is -0.333 e. The van der Waals surface area contributed by atoms with Crippen LogP contribution in [0.25, 0.3) is 0 Å². The normalized spacial score (nSPS) is 9.00. The fourth-order valence-electron chi connectivity index (χ4n) is 0.232. The Kier molecular flexibility index (Phi) is 4.98. The molecular weight excluding hydrogens is 139 g/mol. The lowest BCUT2D eigenvalue weighted by atomic mass is 11.0. The van der Waals surface area contributed by atoms with Crippen molar-refractivity contribution >= 4 is 20.3 Å². The largest absolute Gasteiger partial charge is 0.333 e. The summed E-state index contributed by atoms with van der Waals surface area (Å²) in [6.45, 7) is 1.79. The van der Waals surface area contributed by atoms with Crippen molar-refractivity contribution in [1.82, 2.24) is 5.32 Å². The van der Waals surface area contributed by atoms with E-state index in [0.717, 1.165) is 0 Å². The van der Waals surface area contributed by atoms with Crippen LogP contribution in [0.15, 0.2) is 4.99 Å². The zero-order chi connectivity index (χ0) is 7.11. The van der Waals surface area contributed by atoms with E-state index in [1.54, 1.807) is 6.66 Å². The molecule has 1 amide bonds. The van der Waals surface area contributed by atoms with Gasteiger partial charge < -0.3 is 5.32 Å². The molecule has 1 atom stereocenters. The van der Waals surface area contributed by atoms with E-state index >= 15 is 0 Å². The lowest BCUT2D eigenvalue weighted by molar-refractivity contribution is 0.260. The summed E-state index contributed by atoms with van der Waals surface area (Å²) in [5.41, 5.74) is -0.0889. The van der Waals surface area contributed by atoms with E-state index in [1.807, 2.05) is 0 Å². The van der Waals surface area contributed by atoms with Gasteiger partial charge in [-0.2, -0.15) is 4.99 Å². The molecule has 4 nitrogen and oxygen atoms in total. The maximum atomic E-state index is 10.4. The summed E-state index contributed by atoms with van der Waals surface area (Å²) in [5, 5.41) is 2.38. The summed E-state index contributed by atoms with van der Waals surface area (Å²) in [6.07, 6.45) is 1.31. The van der Waals surface area contributed by atoms with Gasteiger partial charge in [-0.05, 0) is 15.2 Å². The number of amides is 1. The summed E-state index contributed by atoms with van der Waals surface area (Å²) in [5.74, 6) is 0. The lowest BCUT2D eigenvalue weighted by Crippen LogP contribution is -2.16. The van der Waals surface area contributed by atoms with Gasteiger partial charge in [-0.3, -0.25) is 4.79 Å². The van der Waals surface area contributed by atoms with E-state index < -0.39 is 0 Å². The number of aliphatic imine (C=N–C) groups is 1. The van der Waals surface area contributed by atoms with Gasteiger partial charge in [0, 0.05) is 0 Å². The monoisotopic (exact) mass is 146 g/mol. The van der Waals surface area contributed by atoms with Crippen LogP contribution in [0.4, 0.5) is 4.79 Å². The molecule has 0 aromatic heterocycles. The number of nitrogens with one attached hydrogen (secondary N) is 1. The highest BCUT2D eigenvalue weighted by atomic mass is 31.1.